The summed E-state index contributed by atoms with van der Waals surface area (Å²) < 4.78 is 0. The summed E-state index contributed by atoms with van der Waals surface area (Å²) in [6.45, 7) is 2.56. The predicted octanol–water partition coefficient (Wildman–Crippen LogP) is 3.80. The molecule has 1 amide bonds. The molecule has 0 unspecified atom stereocenters. The van der Waals surface area contributed by atoms with E-state index < -0.39 is 0 Å². The normalized spacial score (nSPS) is 10.3. The zero-order valence-corrected chi connectivity index (χ0v) is 14.3. The van der Waals surface area contributed by atoms with Crippen LogP contribution in [0.2, 0.25) is 0 Å². The number of anilines is 2. The van der Waals surface area contributed by atoms with Crippen molar-refractivity contribution in [1.82, 2.24) is 14.9 Å². The van der Waals surface area contributed by atoms with Gasteiger partial charge in [-0.15, -0.1) is 0 Å². The molecule has 1 heterocycles. The first-order valence-electron chi connectivity index (χ1n) is 8.08. The third-order valence-electron chi connectivity index (χ3n) is 3.79. The lowest BCUT2D eigenvalue weighted by Gasteiger charge is -2.17. The fourth-order valence-electron chi connectivity index (χ4n) is 2.43. The first kappa shape index (κ1) is 16.6. The van der Waals surface area contributed by atoms with Gasteiger partial charge in [0.05, 0.1) is 0 Å². The van der Waals surface area contributed by atoms with E-state index in [1.54, 1.807) is 24.2 Å². The Morgan fingerprint density at radius 1 is 1.04 bits per heavy atom. The Morgan fingerprint density at radius 2 is 1.76 bits per heavy atom. The maximum atomic E-state index is 12.6. The van der Waals surface area contributed by atoms with Crippen LogP contribution in [-0.4, -0.2) is 27.8 Å². The number of carbonyl (C=O) groups excluding carboxylic acids is 1. The molecule has 1 aromatic heterocycles. The van der Waals surface area contributed by atoms with E-state index in [9.17, 15) is 4.79 Å². The molecule has 3 rings (SSSR count). The third-order valence-corrected chi connectivity index (χ3v) is 3.79. The second kappa shape index (κ2) is 7.57. The number of benzene rings is 2. The fourth-order valence-corrected chi connectivity index (χ4v) is 2.43. The van der Waals surface area contributed by atoms with Crippen molar-refractivity contribution in [2.45, 2.75) is 13.5 Å². The number of aromatic nitrogens is 2. The van der Waals surface area contributed by atoms with Gasteiger partial charge in [-0.3, -0.25) is 4.79 Å². The zero-order chi connectivity index (χ0) is 17.6. The Labute approximate surface area is 147 Å². The highest BCUT2D eigenvalue weighted by atomic mass is 16.2. The topological polar surface area (TPSA) is 58.1 Å². The smallest absolute Gasteiger partial charge is 0.272 e. The summed E-state index contributed by atoms with van der Waals surface area (Å²) in [4.78, 5) is 22.8. The minimum Gasteiger partial charge on any atom is -0.336 e. The van der Waals surface area contributed by atoms with Crippen molar-refractivity contribution in [3.05, 3.63) is 83.7 Å². The summed E-state index contributed by atoms with van der Waals surface area (Å²) in [5, 5.41) is 3.12. The number of hydrogen-bond donors (Lipinski definition) is 1. The van der Waals surface area contributed by atoms with Crippen molar-refractivity contribution in [3.63, 3.8) is 0 Å². The summed E-state index contributed by atoms with van der Waals surface area (Å²) in [5.74, 6) is 0.265. The van der Waals surface area contributed by atoms with Crippen LogP contribution in [0.15, 0.2) is 66.9 Å². The van der Waals surface area contributed by atoms with E-state index in [0.29, 0.717) is 18.2 Å². The highest BCUT2D eigenvalue weighted by Crippen LogP contribution is 2.14. The van der Waals surface area contributed by atoms with Gasteiger partial charge >= 0.3 is 0 Å². The number of nitrogens with zero attached hydrogens (tertiary/aromatic N) is 3. The number of carbonyl (C=O) groups is 1. The molecule has 1 N–H and O–H groups in total. The van der Waals surface area contributed by atoms with Crippen molar-refractivity contribution in [2.75, 3.05) is 12.4 Å². The molecule has 2 aromatic carbocycles. The van der Waals surface area contributed by atoms with Gasteiger partial charge in [0, 0.05) is 25.5 Å². The van der Waals surface area contributed by atoms with Gasteiger partial charge in [0.2, 0.25) is 5.95 Å². The number of nitrogens with one attached hydrogen (secondary N) is 1. The first-order chi connectivity index (χ1) is 12.1. The summed E-state index contributed by atoms with van der Waals surface area (Å²) >= 11 is 0. The van der Waals surface area contributed by atoms with Crippen LogP contribution in [0.25, 0.3) is 0 Å². The molecular weight excluding hydrogens is 312 g/mol. The van der Waals surface area contributed by atoms with Crippen LogP contribution in [0.1, 0.15) is 21.6 Å². The lowest BCUT2D eigenvalue weighted by Crippen LogP contribution is -2.27. The van der Waals surface area contributed by atoms with Gasteiger partial charge in [0.1, 0.15) is 5.69 Å². The van der Waals surface area contributed by atoms with Gasteiger partial charge < -0.3 is 10.2 Å². The lowest BCUT2D eigenvalue weighted by atomic mass is 10.2. The van der Waals surface area contributed by atoms with Gasteiger partial charge in [-0.05, 0) is 30.7 Å². The van der Waals surface area contributed by atoms with Gasteiger partial charge in [-0.25, -0.2) is 9.97 Å². The second-order valence-electron chi connectivity index (χ2n) is 5.90. The summed E-state index contributed by atoms with van der Waals surface area (Å²) in [6, 6.07) is 19.4. The predicted molar refractivity (Wildman–Crippen MR) is 98.7 cm³/mol. The second-order valence-corrected chi connectivity index (χ2v) is 5.90. The molecule has 5 nitrogen and oxygen atoms in total. The Morgan fingerprint density at radius 3 is 2.48 bits per heavy atom. The van der Waals surface area contributed by atoms with Gasteiger partial charge in [-0.1, -0.05) is 48.0 Å². The van der Waals surface area contributed by atoms with Gasteiger partial charge in [-0.2, -0.15) is 0 Å². The number of hydrogen-bond acceptors (Lipinski definition) is 4. The molecule has 0 atom stereocenters. The molecule has 3 aromatic rings. The lowest BCUT2D eigenvalue weighted by molar-refractivity contribution is 0.0779. The summed E-state index contributed by atoms with van der Waals surface area (Å²) in [7, 11) is 1.77. The molecular formula is C20H20N4O. The monoisotopic (exact) mass is 332 g/mol. The van der Waals surface area contributed by atoms with Crippen LogP contribution in [0.5, 0.6) is 0 Å². The number of amides is 1. The van der Waals surface area contributed by atoms with E-state index in [0.717, 1.165) is 11.3 Å². The van der Waals surface area contributed by atoms with Crippen molar-refractivity contribution in [3.8, 4) is 0 Å². The maximum Gasteiger partial charge on any atom is 0.272 e. The molecule has 5 heteroatoms. The standard InChI is InChI=1S/C20H20N4O/c1-15-8-10-17(11-9-15)22-20-21-13-12-18(23-20)19(25)24(2)14-16-6-4-3-5-7-16/h3-13H,14H2,1-2H3,(H,21,22,23). The minimum atomic E-state index is -0.141. The average molecular weight is 332 g/mol. The fraction of sp³-hybridized carbons (Fsp3) is 0.150. The molecule has 0 aliphatic carbocycles. The number of rotatable bonds is 5. The summed E-state index contributed by atoms with van der Waals surface area (Å²) in [6.07, 6.45) is 1.59. The molecule has 0 aliphatic heterocycles. The highest BCUT2D eigenvalue weighted by Gasteiger charge is 2.14. The van der Waals surface area contributed by atoms with Crippen LogP contribution in [-0.2, 0) is 6.54 Å². The van der Waals surface area contributed by atoms with Gasteiger partial charge in [0.25, 0.3) is 5.91 Å². The SMILES string of the molecule is Cc1ccc(Nc2nccc(C(=O)N(C)Cc3ccccc3)n2)cc1. The molecule has 0 radical (unpaired) electrons. The number of aryl methyl sites for hydroxylation is 1. The van der Waals surface area contributed by atoms with Crippen molar-refractivity contribution in [1.29, 1.82) is 0 Å². The molecule has 126 valence electrons. The minimum absolute atomic E-state index is 0.141. The van der Waals surface area contributed by atoms with Crippen LogP contribution in [0, 0.1) is 6.92 Å². The van der Waals surface area contributed by atoms with E-state index in [1.165, 1.54) is 5.56 Å². The zero-order valence-electron chi connectivity index (χ0n) is 14.3. The van der Waals surface area contributed by atoms with Crippen molar-refractivity contribution < 1.29 is 4.79 Å². The molecule has 0 saturated heterocycles. The molecule has 0 saturated carbocycles. The van der Waals surface area contributed by atoms with Crippen LogP contribution in [0.4, 0.5) is 11.6 Å². The summed E-state index contributed by atoms with van der Waals surface area (Å²) in [5.41, 5.74) is 3.50. The van der Waals surface area contributed by atoms with E-state index in [4.69, 9.17) is 0 Å². The van der Waals surface area contributed by atoms with Crippen LogP contribution in [0.3, 0.4) is 0 Å². The Kier molecular flexibility index (Phi) is 5.04. The van der Waals surface area contributed by atoms with Crippen LogP contribution < -0.4 is 5.32 Å². The molecule has 0 spiro atoms. The molecule has 0 aliphatic rings. The molecule has 0 bridgehead atoms. The van der Waals surface area contributed by atoms with Crippen molar-refractivity contribution >= 4 is 17.5 Å². The highest BCUT2D eigenvalue weighted by molar-refractivity contribution is 5.92. The third kappa shape index (κ3) is 4.41. The van der Waals surface area contributed by atoms with E-state index in [-0.39, 0.29) is 5.91 Å². The Hall–Kier alpha value is -3.21. The first-order valence-corrected chi connectivity index (χ1v) is 8.08. The Bertz CT molecular complexity index is 847. The maximum absolute atomic E-state index is 12.6. The van der Waals surface area contributed by atoms with Crippen LogP contribution >= 0.6 is 0 Å². The van der Waals surface area contributed by atoms with E-state index in [2.05, 4.69) is 15.3 Å². The van der Waals surface area contributed by atoms with Gasteiger partial charge in [0.15, 0.2) is 0 Å². The van der Waals surface area contributed by atoms with E-state index in [1.807, 2.05) is 61.5 Å². The largest absolute Gasteiger partial charge is 0.336 e. The molecule has 0 fully saturated rings. The van der Waals surface area contributed by atoms with E-state index >= 15 is 0 Å². The quantitative estimate of drug-likeness (QED) is 0.772. The Balaban J connectivity index is 1.71. The average Bonchev–Trinajstić information content (AvgIpc) is 2.64. The van der Waals surface area contributed by atoms with Crippen molar-refractivity contribution in [2.24, 2.45) is 0 Å². The molecule has 25 heavy (non-hydrogen) atoms.